The molecular formula is C31H35F3N2O. The van der Waals surface area contributed by atoms with Gasteiger partial charge in [-0.15, -0.1) is 0 Å². The van der Waals surface area contributed by atoms with E-state index in [1.807, 2.05) is 54.3 Å². The van der Waals surface area contributed by atoms with Gasteiger partial charge in [0, 0.05) is 44.2 Å². The molecule has 1 heterocycles. The van der Waals surface area contributed by atoms with Crippen molar-refractivity contribution in [3.8, 4) is 0 Å². The summed E-state index contributed by atoms with van der Waals surface area (Å²) in [5.74, 6) is 0.692. The molecule has 0 spiro atoms. The molecule has 3 aromatic rings. The van der Waals surface area contributed by atoms with Gasteiger partial charge in [0.2, 0.25) is 0 Å². The quantitative estimate of drug-likeness (QED) is 0.326. The molecule has 6 heteroatoms. The maximum Gasteiger partial charge on any atom is 0.416 e. The highest BCUT2D eigenvalue weighted by Crippen LogP contribution is 2.35. The molecule has 37 heavy (non-hydrogen) atoms. The van der Waals surface area contributed by atoms with Crippen LogP contribution in [0.5, 0.6) is 0 Å². The van der Waals surface area contributed by atoms with E-state index in [1.54, 1.807) is 6.07 Å². The number of nitrogens with zero attached hydrogens (tertiary/aromatic N) is 2. The molecule has 3 aromatic carbocycles. The second kappa shape index (κ2) is 11.5. The molecule has 0 N–H and O–H groups in total. The molecule has 3 nitrogen and oxygen atoms in total. The highest BCUT2D eigenvalue weighted by molar-refractivity contribution is 5.94. The zero-order valence-electron chi connectivity index (χ0n) is 21.7. The Morgan fingerprint density at radius 2 is 1.68 bits per heavy atom. The summed E-state index contributed by atoms with van der Waals surface area (Å²) >= 11 is 0. The van der Waals surface area contributed by atoms with Crippen LogP contribution in [0.4, 0.5) is 13.2 Å². The Kier molecular flexibility index (Phi) is 8.38. The predicted molar refractivity (Wildman–Crippen MR) is 141 cm³/mol. The van der Waals surface area contributed by atoms with Crippen LogP contribution >= 0.6 is 0 Å². The third kappa shape index (κ3) is 7.01. The average Bonchev–Trinajstić information content (AvgIpc) is 3.25. The number of rotatable bonds is 8. The molecule has 0 aliphatic carbocycles. The summed E-state index contributed by atoms with van der Waals surface area (Å²) in [7, 11) is 0. The van der Waals surface area contributed by atoms with Crippen molar-refractivity contribution in [2.75, 3.05) is 26.2 Å². The zero-order valence-corrected chi connectivity index (χ0v) is 21.7. The lowest BCUT2D eigenvalue weighted by atomic mass is 9.88. The first kappa shape index (κ1) is 26.9. The SMILES string of the molecule is Cc1ccc(C(=O)N(CC(C)C)C[C@@H]2CN(Cc3cccc(C(F)(F)F)c3)C[C@H]2c2ccccc2)cc1. The molecule has 1 aliphatic rings. The molecular weight excluding hydrogens is 473 g/mol. The minimum atomic E-state index is -4.36. The number of carbonyl (C=O) groups is 1. The molecule has 0 aromatic heterocycles. The van der Waals surface area contributed by atoms with E-state index in [1.165, 1.54) is 17.7 Å². The van der Waals surface area contributed by atoms with Gasteiger partial charge in [-0.05, 0) is 48.1 Å². The summed E-state index contributed by atoms with van der Waals surface area (Å²) in [4.78, 5) is 17.7. The fraction of sp³-hybridized carbons (Fsp3) is 0.387. The standard InChI is InChI=1S/C31H35F3N2O/c1-22(2)17-36(30(37)26-14-12-23(3)13-15-26)20-27-19-35(21-29(27)25-9-5-4-6-10-25)18-24-8-7-11-28(16-24)31(32,33)34/h4-16,22,27,29H,17-21H2,1-3H3/t27-,29-/m0/s1. The van der Waals surface area contributed by atoms with Gasteiger partial charge in [0.25, 0.3) is 5.91 Å². The van der Waals surface area contributed by atoms with Crippen molar-refractivity contribution in [1.82, 2.24) is 9.80 Å². The van der Waals surface area contributed by atoms with Crippen molar-refractivity contribution in [2.24, 2.45) is 11.8 Å². The summed E-state index contributed by atoms with van der Waals surface area (Å²) in [6.07, 6.45) is -4.36. The number of carbonyl (C=O) groups excluding carboxylic acids is 1. The number of benzene rings is 3. The number of hydrogen-bond acceptors (Lipinski definition) is 2. The topological polar surface area (TPSA) is 23.6 Å². The first-order valence-electron chi connectivity index (χ1n) is 12.9. The molecule has 0 unspecified atom stereocenters. The highest BCUT2D eigenvalue weighted by atomic mass is 19.4. The molecule has 1 amide bonds. The minimum absolute atomic E-state index is 0.0249. The maximum absolute atomic E-state index is 13.5. The summed E-state index contributed by atoms with van der Waals surface area (Å²) in [6, 6.07) is 23.5. The Bertz CT molecular complexity index is 1180. The van der Waals surface area contributed by atoms with E-state index in [0.29, 0.717) is 43.2 Å². The van der Waals surface area contributed by atoms with Crippen LogP contribution in [0, 0.1) is 18.8 Å². The largest absolute Gasteiger partial charge is 0.416 e. The van der Waals surface area contributed by atoms with Crippen molar-refractivity contribution in [2.45, 2.75) is 39.4 Å². The van der Waals surface area contributed by atoms with Gasteiger partial charge in [-0.3, -0.25) is 9.69 Å². The van der Waals surface area contributed by atoms with E-state index in [4.69, 9.17) is 0 Å². The minimum Gasteiger partial charge on any atom is -0.338 e. The number of halogens is 3. The highest BCUT2D eigenvalue weighted by Gasteiger charge is 2.36. The van der Waals surface area contributed by atoms with Crippen molar-refractivity contribution < 1.29 is 18.0 Å². The van der Waals surface area contributed by atoms with Gasteiger partial charge in [-0.1, -0.05) is 80.1 Å². The fourth-order valence-corrected chi connectivity index (χ4v) is 5.30. The Morgan fingerprint density at radius 1 is 0.973 bits per heavy atom. The molecule has 1 aliphatic heterocycles. The van der Waals surface area contributed by atoms with Crippen LogP contribution in [0.2, 0.25) is 0 Å². The van der Waals surface area contributed by atoms with E-state index < -0.39 is 11.7 Å². The molecule has 2 atom stereocenters. The van der Waals surface area contributed by atoms with Crippen LogP contribution in [-0.4, -0.2) is 41.9 Å². The number of amides is 1. The average molecular weight is 509 g/mol. The third-order valence-electron chi connectivity index (χ3n) is 7.03. The van der Waals surface area contributed by atoms with Crippen molar-refractivity contribution in [3.63, 3.8) is 0 Å². The Hall–Kier alpha value is -3.12. The first-order chi connectivity index (χ1) is 17.6. The molecule has 196 valence electrons. The fourth-order valence-electron chi connectivity index (χ4n) is 5.30. The number of hydrogen-bond donors (Lipinski definition) is 0. The van der Waals surface area contributed by atoms with E-state index >= 15 is 0 Å². The summed E-state index contributed by atoms with van der Waals surface area (Å²) in [5, 5.41) is 0. The summed E-state index contributed by atoms with van der Waals surface area (Å²) in [5.41, 5.74) is 3.02. The van der Waals surface area contributed by atoms with E-state index in [-0.39, 0.29) is 17.7 Å². The molecule has 1 saturated heterocycles. The molecule has 0 radical (unpaired) electrons. The molecule has 1 fully saturated rings. The van der Waals surface area contributed by atoms with Crippen molar-refractivity contribution in [3.05, 3.63) is 107 Å². The lowest BCUT2D eigenvalue weighted by Gasteiger charge is -2.30. The van der Waals surface area contributed by atoms with Gasteiger partial charge in [0.1, 0.15) is 0 Å². The second-order valence-electron chi connectivity index (χ2n) is 10.6. The lowest BCUT2D eigenvalue weighted by molar-refractivity contribution is -0.137. The number of alkyl halides is 3. The van der Waals surface area contributed by atoms with E-state index in [9.17, 15) is 18.0 Å². The molecule has 4 rings (SSSR count). The van der Waals surface area contributed by atoms with Crippen LogP contribution in [0.3, 0.4) is 0 Å². The zero-order chi connectivity index (χ0) is 26.6. The van der Waals surface area contributed by atoms with Crippen LogP contribution in [0.25, 0.3) is 0 Å². The normalized spacial score (nSPS) is 18.4. The van der Waals surface area contributed by atoms with Crippen LogP contribution in [0.1, 0.15) is 52.4 Å². The maximum atomic E-state index is 13.5. The first-order valence-corrected chi connectivity index (χ1v) is 12.9. The van der Waals surface area contributed by atoms with Crippen molar-refractivity contribution in [1.29, 1.82) is 0 Å². The number of likely N-dealkylation sites (tertiary alicyclic amines) is 1. The van der Waals surface area contributed by atoms with Gasteiger partial charge >= 0.3 is 6.18 Å². The predicted octanol–water partition coefficient (Wildman–Crippen LogP) is 7.03. The Balaban J connectivity index is 1.57. The van der Waals surface area contributed by atoms with Gasteiger partial charge in [-0.2, -0.15) is 13.2 Å². The van der Waals surface area contributed by atoms with Crippen LogP contribution < -0.4 is 0 Å². The van der Waals surface area contributed by atoms with Gasteiger partial charge in [0.05, 0.1) is 5.56 Å². The molecule has 0 bridgehead atoms. The summed E-state index contributed by atoms with van der Waals surface area (Å²) < 4.78 is 39.8. The van der Waals surface area contributed by atoms with Gasteiger partial charge in [0.15, 0.2) is 0 Å². The summed E-state index contributed by atoms with van der Waals surface area (Å²) in [6.45, 7) is 9.37. The molecule has 0 saturated carbocycles. The second-order valence-corrected chi connectivity index (χ2v) is 10.6. The monoisotopic (exact) mass is 508 g/mol. The van der Waals surface area contributed by atoms with E-state index in [2.05, 4.69) is 30.9 Å². The van der Waals surface area contributed by atoms with Crippen LogP contribution in [0.15, 0.2) is 78.9 Å². The number of aryl methyl sites for hydroxylation is 1. The van der Waals surface area contributed by atoms with Crippen molar-refractivity contribution >= 4 is 5.91 Å². The van der Waals surface area contributed by atoms with E-state index in [0.717, 1.165) is 18.2 Å². The van der Waals surface area contributed by atoms with Gasteiger partial charge < -0.3 is 4.90 Å². The third-order valence-corrected chi connectivity index (χ3v) is 7.03. The lowest BCUT2D eigenvalue weighted by Crippen LogP contribution is -2.39. The Labute approximate surface area is 217 Å². The smallest absolute Gasteiger partial charge is 0.338 e. The van der Waals surface area contributed by atoms with Gasteiger partial charge in [-0.25, -0.2) is 0 Å². The Morgan fingerprint density at radius 3 is 2.32 bits per heavy atom. The van der Waals surface area contributed by atoms with Crippen LogP contribution in [-0.2, 0) is 12.7 Å².